The van der Waals surface area contributed by atoms with Gasteiger partial charge in [0.25, 0.3) is 0 Å². The molecule has 0 bridgehead atoms. The minimum Gasteiger partial charge on any atom is -0.476 e. The smallest absolute Gasteiger partial charge is 0.213 e. The Bertz CT molecular complexity index is 518. The Morgan fingerprint density at radius 2 is 2.00 bits per heavy atom. The number of rotatable bonds is 5. The molecule has 0 saturated carbocycles. The summed E-state index contributed by atoms with van der Waals surface area (Å²) in [5.41, 5.74) is 2.51. The summed E-state index contributed by atoms with van der Waals surface area (Å²) in [5.74, 6) is 0.718. The quantitative estimate of drug-likeness (QED) is 0.905. The van der Waals surface area contributed by atoms with Crippen LogP contribution in [0.3, 0.4) is 0 Å². The van der Waals surface area contributed by atoms with E-state index in [1.807, 2.05) is 18.3 Å². The summed E-state index contributed by atoms with van der Waals surface area (Å²) in [4.78, 5) is 4.39. The third kappa shape index (κ3) is 3.58. The monoisotopic (exact) mass is 268 g/mol. The van der Waals surface area contributed by atoms with Gasteiger partial charge >= 0.3 is 0 Å². The molecule has 1 fully saturated rings. The van der Waals surface area contributed by atoms with Gasteiger partial charge in [0.2, 0.25) is 5.88 Å². The van der Waals surface area contributed by atoms with Crippen LogP contribution in [0.5, 0.6) is 5.88 Å². The number of hydrogen-bond acceptors (Lipinski definition) is 3. The van der Waals surface area contributed by atoms with Gasteiger partial charge in [-0.2, -0.15) is 0 Å². The fourth-order valence-corrected chi connectivity index (χ4v) is 2.52. The standard InChI is InChI=1S/C17H20N2O/c1-2-5-14(6-3-1)11-15-8-9-17(19-12-15)20-13-16-7-4-10-18-16/h1-3,5-6,8-9,12,16,18H,4,7,10-11,13H2. The first-order chi connectivity index (χ1) is 9.90. The molecule has 104 valence electrons. The molecule has 1 aromatic carbocycles. The van der Waals surface area contributed by atoms with Gasteiger partial charge in [-0.1, -0.05) is 36.4 Å². The molecule has 3 heteroatoms. The second kappa shape index (κ2) is 6.53. The molecule has 3 rings (SSSR count). The van der Waals surface area contributed by atoms with E-state index >= 15 is 0 Å². The van der Waals surface area contributed by atoms with E-state index in [-0.39, 0.29) is 0 Å². The van der Waals surface area contributed by atoms with Crippen LogP contribution in [-0.4, -0.2) is 24.2 Å². The largest absolute Gasteiger partial charge is 0.476 e. The van der Waals surface area contributed by atoms with Gasteiger partial charge in [-0.05, 0) is 36.9 Å². The van der Waals surface area contributed by atoms with Gasteiger partial charge in [-0.25, -0.2) is 4.98 Å². The molecule has 2 heterocycles. The highest BCUT2D eigenvalue weighted by Crippen LogP contribution is 2.13. The lowest BCUT2D eigenvalue weighted by molar-refractivity contribution is 0.267. The van der Waals surface area contributed by atoms with Crippen LogP contribution in [0.4, 0.5) is 0 Å². The molecule has 0 radical (unpaired) electrons. The van der Waals surface area contributed by atoms with E-state index in [0.717, 1.165) is 18.8 Å². The lowest BCUT2D eigenvalue weighted by Crippen LogP contribution is -2.28. The molecule has 0 spiro atoms. The lowest BCUT2D eigenvalue weighted by atomic mass is 10.1. The Labute approximate surface area is 120 Å². The average Bonchev–Trinajstić information content (AvgIpc) is 3.01. The van der Waals surface area contributed by atoms with Crippen molar-refractivity contribution in [3.05, 3.63) is 59.8 Å². The van der Waals surface area contributed by atoms with E-state index in [0.29, 0.717) is 12.6 Å². The van der Waals surface area contributed by atoms with Crippen LogP contribution in [0.1, 0.15) is 24.0 Å². The zero-order valence-electron chi connectivity index (χ0n) is 11.6. The van der Waals surface area contributed by atoms with Gasteiger partial charge in [0.15, 0.2) is 0 Å². The molecular weight excluding hydrogens is 248 g/mol. The number of hydrogen-bond donors (Lipinski definition) is 1. The SMILES string of the molecule is c1ccc(Cc2ccc(OCC3CCCN3)nc2)cc1. The van der Waals surface area contributed by atoms with Crippen molar-refractivity contribution >= 4 is 0 Å². The van der Waals surface area contributed by atoms with E-state index in [9.17, 15) is 0 Å². The van der Waals surface area contributed by atoms with Crippen molar-refractivity contribution in [1.29, 1.82) is 0 Å². The van der Waals surface area contributed by atoms with Crippen LogP contribution < -0.4 is 10.1 Å². The summed E-state index contributed by atoms with van der Waals surface area (Å²) in [5, 5.41) is 3.42. The van der Waals surface area contributed by atoms with Crippen molar-refractivity contribution in [3.63, 3.8) is 0 Å². The van der Waals surface area contributed by atoms with E-state index in [2.05, 4.69) is 40.6 Å². The van der Waals surface area contributed by atoms with Crippen LogP contribution >= 0.6 is 0 Å². The number of aromatic nitrogens is 1. The number of nitrogens with one attached hydrogen (secondary N) is 1. The number of pyridine rings is 1. The van der Waals surface area contributed by atoms with Gasteiger partial charge in [-0.15, -0.1) is 0 Å². The molecule has 1 saturated heterocycles. The van der Waals surface area contributed by atoms with E-state index in [1.54, 1.807) is 0 Å². The number of ether oxygens (including phenoxy) is 1. The molecule has 1 atom stereocenters. The predicted octanol–water partition coefficient (Wildman–Crippen LogP) is 2.80. The minimum atomic E-state index is 0.487. The molecule has 0 amide bonds. The Balaban J connectivity index is 1.54. The van der Waals surface area contributed by atoms with E-state index in [1.165, 1.54) is 24.0 Å². The Morgan fingerprint density at radius 3 is 2.70 bits per heavy atom. The van der Waals surface area contributed by atoms with Crippen molar-refractivity contribution in [2.75, 3.05) is 13.2 Å². The van der Waals surface area contributed by atoms with Gasteiger partial charge in [-0.3, -0.25) is 0 Å². The van der Waals surface area contributed by atoms with Crippen molar-refractivity contribution in [2.45, 2.75) is 25.3 Å². The Kier molecular flexibility index (Phi) is 4.28. The predicted molar refractivity (Wildman–Crippen MR) is 80.0 cm³/mol. The first-order valence-electron chi connectivity index (χ1n) is 7.25. The third-order valence-corrected chi connectivity index (χ3v) is 3.64. The van der Waals surface area contributed by atoms with Crippen LogP contribution in [0.25, 0.3) is 0 Å². The first-order valence-corrected chi connectivity index (χ1v) is 7.25. The maximum absolute atomic E-state index is 5.72. The van der Waals surface area contributed by atoms with Gasteiger partial charge in [0, 0.05) is 18.3 Å². The molecule has 2 aromatic rings. The van der Waals surface area contributed by atoms with Gasteiger partial charge < -0.3 is 10.1 Å². The molecule has 1 aliphatic heterocycles. The third-order valence-electron chi connectivity index (χ3n) is 3.64. The Hall–Kier alpha value is -1.87. The van der Waals surface area contributed by atoms with Crippen LogP contribution in [0.2, 0.25) is 0 Å². The van der Waals surface area contributed by atoms with Gasteiger partial charge in [0.1, 0.15) is 6.61 Å². The summed E-state index contributed by atoms with van der Waals surface area (Å²) in [6.07, 6.45) is 5.27. The molecule has 0 aliphatic carbocycles. The highest BCUT2D eigenvalue weighted by atomic mass is 16.5. The van der Waals surface area contributed by atoms with Crippen LogP contribution in [0, 0.1) is 0 Å². The van der Waals surface area contributed by atoms with Crippen molar-refractivity contribution < 1.29 is 4.74 Å². The molecule has 20 heavy (non-hydrogen) atoms. The highest BCUT2D eigenvalue weighted by molar-refractivity contribution is 5.26. The fourth-order valence-electron chi connectivity index (χ4n) is 2.52. The summed E-state index contributed by atoms with van der Waals surface area (Å²) >= 11 is 0. The zero-order valence-corrected chi connectivity index (χ0v) is 11.6. The molecule has 1 N–H and O–H groups in total. The normalized spacial score (nSPS) is 18.1. The second-order valence-electron chi connectivity index (χ2n) is 5.27. The van der Waals surface area contributed by atoms with Gasteiger partial charge in [0.05, 0.1) is 0 Å². The minimum absolute atomic E-state index is 0.487. The fraction of sp³-hybridized carbons (Fsp3) is 0.353. The van der Waals surface area contributed by atoms with Crippen LogP contribution in [0.15, 0.2) is 48.7 Å². The number of nitrogens with zero attached hydrogens (tertiary/aromatic N) is 1. The Morgan fingerprint density at radius 1 is 1.10 bits per heavy atom. The molecule has 1 aromatic heterocycles. The maximum atomic E-state index is 5.72. The zero-order chi connectivity index (χ0) is 13.6. The first kappa shape index (κ1) is 13.1. The maximum Gasteiger partial charge on any atom is 0.213 e. The van der Waals surface area contributed by atoms with E-state index in [4.69, 9.17) is 4.74 Å². The summed E-state index contributed by atoms with van der Waals surface area (Å²) < 4.78 is 5.72. The molecule has 3 nitrogen and oxygen atoms in total. The summed E-state index contributed by atoms with van der Waals surface area (Å²) in [6, 6.07) is 15.0. The summed E-state index contributed by atoms with van der Waals surface area (Å²) in [7, 11) is 0. The molecule has 1 aliphatic rings. The topological polar surface area (TPSA) is 34.1 Å². The van der Waals surface area contributed by atoms with Crippen molar-refractivity contribution in [3.8, 4) is 5.88 Å². The van der Waals surface area contributed by atoms with Crippen LogP contribution in [-0.2, 0) is 6.42 Å². The molecular formula is C17H20N2O. The average molecular weight is 268 g/mol. The van der Waals surface area contributed by atoms with Crippen molar-refractivity contribution in [1.82, 2.24) is 10.3 Å². The second-order valence-corrected chi connectivity index (χ2v) is 5.27. The molecule has 1 unspecified atom stereocenters. The van der Waals surface area contributed by atoms with Crippen molar-refractivity contribution in [2.24, 2.45) is 0 Å². The summed E-state index contributed by atoms with van der Waals surface area (Å²) in [6.45, 7) is 1.82. The highest BCUT2D eigenvalue weighted by Gasteiger charge is 2.14. The van der Waals surface area contributed by atoms with E-state index < -0.39 is 0 Å². The lowest BCUT2D eigenvalue weighted by Gasteiger charge is -2.11. The number of benzene rings is 1.